The summed E-state index contributed by atoms with van der Waals surface area (Å²) in [6, 6.07) is 3.42. The Morgan fingerprint density at radius 2 is 2.18 bits per heavy atom. The maximum Gasteiger partial charge on any atom is 0.153 e. The first-order valence-electron chi connectivity index (χ1n) is 3.10. The maximum atomic E-state index is 10.3. The van der Waals surface area contributed by atoms with Crippen molar-refractivity contribution in [3.63, 3.8) is 0 Å². The van der Waals surface area contributed by atoms with Gasteiger partial charge < -0.3 is 5.11 Å². The van der Waals surface area contributed by atoms with Gasteiger partial charge >= 0.3 is 0 Å². The second-order valence-corrected chi connectivity index (χ2v) is 3.33. The molecule has 2 nitrogen and oxygen atoms in total. The van der Waals surface area contributed by atoms with E-state index in [-0.39, 0.29) is 5.75 Å². The molecule has 0 amide bonds. The van der Waals surface area contributed by atoms with Crippen LogP contribution in [0, 0.1) is 10.5 Å². The minimum absolute atomic E-state index is 0.0839. The minimum atomic E-state index is 0.0839. The third kappa shape index (κ3) is 1.53. The van der Waals surface area contributed by atoms with Crippen LogP contribution < -0.4 is 0 Å². The molecule has 0 bridgehead atoms. The summed E-state index contributed by atoms with van der Waals surface area (Å²) >= 11 is 2.01. The third-order valence-corrected chi connectivity index (χ3v) is 2.83. The fourth-order valence-corrected chi connectivity index (χ4v) is 1.27. The van der Waals surface area contributed by atoms with Gasteiger partial charge in [0.15, 0.2) is 6.29 Å². The fraction of sp³-hybridized carbons (Fsp3) is 0.125. The molecule has 0 aliphatic heterocycles. The summed E-state index contributed by atoms with van der Waals surface area (Å²) in [4.78, 5) is 10.3. The van der Waals surface area contributed by atoms with Crippen molar-refractivity contribution in [2.24, 2.45) is 0 Å². The van der Waals surface area contributed by atoms with E-state index in [1.54, 1.807) is 6.07 Å². The third-order valence-electron chi connectivity index (χ3n) is 1.47. The van der Waals surface area contributed by atoms with E-state index in [4.69, 9.17) is 0 Å². The Kier molecular flexibility index (Phi) is 2.49. The summed E-state index contributed by atoms with van der Waals surface area (Å²) in [5, 5.41) is 9.34. The van der Waals surface area contributed by atoms with Gasteiger partial charge in [0.2, 0.25) is 0 Å². The summed E-state index contributed by atoms with van der Waals surface area (Å²) in [5.41, 5.74) is 1.33. The smallest absolute Gasteiger partial charge is 0.153 e. The molecule has 0 aliphatic carbocycles. The predicted molar refractivity (Wildman–Crippen MR) is 50.9 cm³/mol. The lowest BCUT2D eigenvalue weighted by Crippen LogP contribution is -1.87. The van der Waals surface area contributed by atoms with E-state index in [1.165, 1.54) is 0 Å². The monoisotopic (exact) mass is 262 g/mol. The van der Waals surface area contributed by atoms with Crippen LogP contribution in [0.3, 0.4) is 0 Å². The van der Waals surface area contributed by atoms with Crippen LogP contribution in [-0.4, -0.2) is 11.4 Å². The van der Waals surface area contributed by atoms with Gasteiger partial charge in [-0.25, -0.2) is 0 Å². The second-order valence-electron chi connectivity index (χ2n) is 2.25. The number of phenols is 1. The normalized spacial score (nSPS) is 9.64. The lowest BCUT2D eigenvalue weighted by atomic mass is 10.1. The molecule has 0 radical (unpaired) electrons. The summed E-state index contributed by atoms with van der Waals surface area (Å²) in [6.07, 6.45) is 0.650. The Bertz CT molecular complexity index is 294. The van der Waals surface area contributed by atoms with Crippen molar-refractivity contribution >= 4 is 28.9 Å². The lowest BCUT2D eigenvalue weighted by molar-refractivity contribution is 0.112. The molecule has 0 atom stereocenters. The number of aldehydes is 1. The molecule has 0 unspecified atom stereocenters. The van der Waals surface area contributed by atoms with Crippen LogP contribution in [0.25, 0.3) is 0 Å². The van der Waals surface area contributed by atoms with Gasteiger partial charge in [-0.1, -0.05) is 6.07 Å². The molecule has 58 valence electrons. The summed E-state index contributed by atoms with van der Waals surface area (Å²) in [5.74, 6) is 0.0839. The highest BCUT2D eigenvalue weighted by Gasteiger charge is 2.05. The van der Waals surface area contributed by atoms with Crippen molar-refractivity contribution in [3.8, 4) is 5.75 Å². The lowest BCUT2D eigenvalue weighted by Gasteiger charge is -2.02. The first-order valence-corrected chi connectivity index (χ1v) is 4.18. The van der Waals surface area contributed by atoms with Crippen molar-refractivity contribution in [1.29, 1.82) is 0 Å². The molecule has 0 fully saturated rings. The summed E-state index contributed by atoms with van der Waals surface area (Å²) in [6.45, 7) is 1.88. The quantitative estimate of drug-likeness (QED) is 0.621. The zero-order chi connectivity index (χ0) is 8.43. The van der Waals surface area contributed by atoms with E-state index in [0.29, 0.717) is 11.8 Å². The Morgan fingerprint density at radius 1 is 1.55 bits per heavy atom. The Morgan fingerprint density at radius 3 is 2.73 bits per heavy atom. The van der Waals surface area contributed by atoms with Crippen LogP contribution in [0.2, 0.25) is 0 Å². The van der Waals surface area contributed by atoms with Gasteiger partial charge in [0, 0.05) is 0 Å². The zero-order valence-corrected chi connectivity index (χ0v) is 8.12. The molecule has 1 N–H and O–H groups in total. The van der Waals surface area contributed by atoms with Crippen molar-refractivity contribution in [2.45, 2.75) is 6.92 Å². The molecule has 0 aliphatic rings. The number of halogens is 1. The van der Waals surface area contributed by atoms with Gasteiger partial charge in [-0.3, -0.25) is 4.79 Å². The molecule has 11 heavy (non-hydrogen) atoms. The average Bonchev–Trinajstić information content (AvgIpc) is 2.01. The standard InChI is InChI=1S/C8H7IO2/c1-5-2-3-6(4-10)8(11)7(5)9/h2-4,11H,1H3. The van der Waals surface area contributed by atoms with Crippen molar-refractivity contribution in [2.75, 3.05) is 0 Å². The van der Waals surface area contributed by atoms with Gasteiger partial charge in [0.05, 0.1) is 9.13 Å². The van der Waals surface area contributed by atoms with E-state index in [9.17, 15) is 9.90 Å². The molecule has 0 saturated carbocycles. The highest BCUT2D eigenvalue weighted by Crippen LogP contribution is 2.25. The Balaban J connectivity index is 3.36. The maximum absolute atomic E-state index is 10.3. The number of phenolic OH excluding ortho intramolecular Hbond substituents is 1. The number of aryl methyl sites for hydroxylation is 1. The number of rotatable bonds is 1. The number of hydrogen-bond acceptors (Lipinski definition) is 2. The molecule has 0 saturated heterocycles. The number of hydrogen-bond donors (Lipinski definition) is 1. The first kappa shape index (κ1) is 8.52. The number of benzene rings is 1. The number of carbonyl (C=O) groups is 1. The molecule has 1 rings (SSSR count). The Labute approximate surface area is 78.4 Å². The van der Waals surface area contributed by atoms with Crippen LogP contribution in [0.4, 0.5) is 0 Å². The molecular weight excluding hydrogens is 255 g/mol. The molecule has 1 aromatic carbocycles. The van der Waals surface area contributed by atoms with Gasteiger partial charge in [0.25, 0.3) is 0 Å². The number of carbonyl (C=O) groups excluding carboxylic acids is 1. The van der Waals surface area contributed by atoms with E-state index in [1.807, 2.05) is 35.6 Å². The highest BCUT2D eigenvalue weighted by molar-refractivity contribution is 14.1. The molecule has 3 heteroatoms. The Hall–Kier alpha value is -0.580. The van der Waals surface area contributed by atoms with Gasteiger partial charge in [-0.05, 0) is 41.1 Å². The van der Waals surface area contributed by atoms with Crippen molar-refractivity contribution in [1.82, 2.24) is 0 Å². The topological polar surface area (TPSA) is 37.3 Å². The van der Waals surface area contributed by atoms with Crippen molar-refractivity contribution in [3.05, 3.63) is 26.8 Å². The molecule has 1 aromatic rings. The van der Waals surface area contributed by atoms with E-state index < -0.39 is 0 Å². The van der Waals surface area contributed by atoms with Crippen LogP contribution in [0.1, 0.15) is 15.9 Å². The van der Waals surface area contributed by atoms with Crippen LogP contribution in [0.15, 0.2) is 12.1 Å². The van der Waals surface area contributed by atoms with Crippen LogP contribution >= 0.6 is 22.6 Å². The largest absolute Gasteiger partial charge is 0.506 e. The van der Waals surface area contributed by atoms with E-state index in [0.717, 1.165) is 9.13 Å². The van der Waals surface area contributed by atoms with Gasteiger partial charge in [-0.15, -0.1) is 0 Å². The summed E-state index contributed by atoms with van der Waals surface area (Å²) < 4.78 is 0.743. The zero-order valence-electron chi connectivity index (χ0n) is 5.97. The van der Waals surface area contributed by atoms with Crippen molar-refractivity contribution < 1.29 is 9.90 Å². The highest BCUT2D eigenvalue weighted by atomic mass is 127. The van der Waals surface area contributed by atoms with Gasteiger partial charge in [-0.2, -0.15) is 0 Å². The minimum Gasteiger partial charge on any atom is -0.506 e. The van der Waals surface area contributed by atoms with E-state index in [2.05, 4.69) is 0 Å². The fourth-order valence-electron chi connectivity index (χ4n) is 0.775. The van der Waals surface area contributed by atoms with E-state index >= 15 is 0 Å². The predicted octanol–water partition coefficient (Wildman–Crippen LogP) is 2.12. The van der Waals surface area contributed by atoms with Crippen LogP contribution in [-0.2, 0) is 0 Å². The SMILES string of the molecule is Cc1ccc(C=O)c(O)c1I. The van der Waals surface area contributed by atoms with Gasteiger partial charge in [0.1, 0.15) is 5.75 Å². The molecule has 0 aromatic heterocycles. The molecule has 0 spiro atoms. The molecular formula is C8H7IO2. The van der Waals surface area contributed by atoms with Crippen LogP contribution in [0.5, 0.6) is 5.75 Å². The summed E-state index contributed by atoms with van der Waals surface area (Å²) in [7, 11) is 0. The first-order chi connectivity index (χ1) is 5.16. The number of aromatic hydroxyl groups is 1. The average molecular weight is 262 g/mol. The second kappa shape index (κ2) is 3.21. The molecule has 0 heterocycles.